The van der Waals surface area contributed by atoms with Gasteiger partial charge in [-0.25, -0.2) is 13.2 Å². The van der Waals surface area contributed by atoms with Crippen molar-refractivity contribution in [3.05, 3.63) is 64.1 Å². The maximum atomic E-state index is 15.3. The molecule has 41 heavy (non-hydrogen) atoms. The Bertz CT molecular complexity index is 1260. The van der Waals surface area contributed by atoms with E-state index < -0.39 is 28.3 Å². The molecule has 1 saturated heterocycles. The lowest BCUT2D eigenvalue weighted by Crippen LogP contribution is -2.68. The summed E-state index contributed by atoms with van der Waals surface area (Å²) in [5.41, 5.74) is -5.30. The molecule has 4 bridgehead atoms. The summed E-state index contributed by atoms with van der Waals surface area (Å²) >= 11 is 3.44. The van der Waals surface area contributed by atoms with Gasteiger partial charge < -0.3 is 15.0 Å². The van der Waals surface area contributed by atoms with E-state index in [9.17, 15) is 9.59 Å². The molecular weight excluding hydrogens is 599 g/mol. The highest BCUT2D eigenvalue weighted by molar-refractivity contribution is 9.10. The van der Waals surface area contributed by atoms with Crippen molar-refractivity contribution >= 4 is 27.7 Å². The number of amides is 2. The van der Waals surface area contributed by atoms with Crippen LogP contribution in [0.2, 0.25) is 0 Å². The molecule has 6 nitrogen and oxygen atoms in total. The van der Waals surface area contributed by atoms with Crippen molar-refractivity contribution in [2.24, 2.45) is 5.41 Å². The first-order valence-electron chi connectivity index (χ1n) is 14.3. The second kappa shape index (κ2) is 10.6. The van der Waals surface area contributed by atoms with Gasteiger partial charge in [-0.05, 0) is 43.0 Å². The minimum absolute atomic E-state index is 0.176. The van der Waals surface area contributed by atoms with E-state index in [4.69, 9.17) is 4.74 Å². The number of hydrogen-bond donors (Lipinski definition) is 1. The Labute approximate surface area is 246 Å². The first kappa shape index (κ1) is 28.5. The van der Waals surface area contributed by atoms with Crippen LogP contribution in [0.4, 0.5) is 13.2 Å². The van der Waals surface area contributed by atoms with Crippen molar-refractivity contribution in [3.8, 4) is 5.75 Å². The highest BCUT2D eigenvalue weighted by atomic mass is 79.9. The summed E-state index contributed by atoms with van der Waals surface area (Å²) < 4.78 is 52.9. The summed E-state index contributed by atoms with van der Waals surface area (Å²) in [5.74, 6) is -0.0308. The third kappa shape index (κ3) is 6.00. The van der Waals surface area contributed by atoms with Gasteiger partial charge in [0.25, 0.3) is 0 Å². The van der Waals surface area contributed by atoms with E-state index in [1.54, 1.807) is 4.90 Å². The summed E-state index contributed by atoms with van der Waals surface area (Å²) in [6, 6.07) is 15.9. The largest absolute Gasteiger partial charge is 0.489 e. The van der Waals surface area contributed by atoms with Crippen LogP contribution in [0.5, 0.6) is 5.75 Å². The molecule has 1 heterocycles. The molecule has 0 aromatic heterocycles. The summed E-state index contributed by atoms with van der Waals surface area (Å²) in [6.07, 6.45) is -1.55. The molecule has 1 N–H and O–H groups in total. The fraction of sp³-hybridized carbons (Fsp3) is 0.548. The maximum absolute atomic E-state index is 15.3. The highest BCUT2D eigenvalue weighted by Crippen LogP contribution is 2.68. The van der Waals surface area contributed by atoms with Crippen molar-refractivity contribution in [1.29, 1.82) is 0 Å². The number of carbonyl (C=O) groups is 2. The van der Waals surface area contributed by atoms with Gasteiger partial charge in [0.05, 0.1) is 12.0 Å². The first-order chi connectivity index (χ1) is 19.5. The average molecular weight is 635 g/mol. The monoisotopic (exact) mass is 633 g/mol. The lowest BCUT2D eigenvalue weighted by Gasteiger charge is -2.62. The highest BCUT2D eigenvalue weighted by Gasteiger charge is 2.72. The van der Waals surface area contributed by atoms with E-state index in [2.05, 4.69) is 26.1 Å². The molecule has 7 rings (SSSR count). The Kier molecular flexibility index (Phi) is 7.37. The van der Waals surface area contributed by atoms with Crippen LogP contribution in [0.15, 0.2) is 53.0 Å². The number of alkyl halides is 3. The molecule has 10 heteroatoms. The molecule has 0 atom stereocenters. The Balaban J connectivity index is 0.991. The number of rotatable bonds is 8. The molecule has 2 aromatic rings. The van der Waals surface area contributed by atoms with E-state index in [0.717, 1.165) is 21.3 Å². The smallest absolute Gasteiger partial charge is 0.242 e. The molecule has 0 unspecified atom stereocenters. The van der Waals surface area contributed by atoms with Gasteiger partial charge >= 0.3 is 0 Å². The zero-order valence-electron chi connectivity index (χ0n) is 22.9. The van der Waals surface area contributed by atoms with Crippen LogP contribution in [0.25, 0.3) is 0 Å². The lowest BCUT2D eigenvalue weighted by molar-refractivity contribution is -0.216. The van der Waals surface area contributed by atoms with Crippen LogP contribution in [0.1, 0.15) is 49.7 Å². The molecule has 4 aliphatic carbocycles. The molecule has 5 aliphatic rings. The van der Waals surface area contributed by atoms with Crippen molar-refractivity contribution in [2.45, 2.75) is 68.7 Å². The van der Waals surface area contributed by atoms with Crippen LogP contribution >= 0.6 is 15.9 Å². The molecule has 4 saturated carbocycles. The van der Waals surface area contributed by atoms with Crippen LogP contribution < -0.4 is 10.1 Å². The van der Waals surface area contributed by atoms with Crippen LogP contribution in [-0.2, 0) is 22.7 Å². The van der Waals surface area contributed by atoms with Gasteiger partial charge in [0.1, 0.15) is 29.4 Å². The summed E-state index contributed by atoms with van der Waals surface area (Å²) in [5, 5.41) is 2.61. The second-order valence-electron chi connectivity index (χ2n) is 12.7. The minimum atomic E-state index is -2.00. The average Bonchev–Trinajstić information content (AvgIpc) is 2.89. The third-order valence-electron chi connectivity index (χ3n) is 9.15. The van der Waals surface area contributed by atoms with E-state index in [0.29, 0.717) is 39.3 Å². The van der Waals surface area contributed by atoms with Gasteiger partial charge in [0.15, 0.2) is 0 Å². The van der Waals surface area contributed by atoms with Gasteiger partial charge in [-0.2, -0.15) is 0 Å². The van der Waals surface area contributed by atoms with Crippen molar-refractivity contribution in [3.63, 3.8) is 0 Å². The van der Waals surface area contributed by atoms with Gasteiger partial charge in [-0.1, -0.05) is 46.3 Å². The quantitative estimate of drug-likeness (QED) is 0.430. The molecule has 2 amide bonds. The fourth-order valence-corrected chi connectivity index (χ4v) is 8.15. The van der Waals surface area contributed by atoms with Crippen LogP contribution in [0.3, 0.4) is 0 Å². The Morgan fingerprint density at radius 3 is 2.02 bits per heavy atom. The standard InChI is InChI=1S/C31H35BrF3N3O3/c32-24-7-5-22(6-8-24)15-41-25-4-2-1-3-23(25)14-37-9-11-38(12-10-37)26(39)13-36-27(40)28-16-29(33)19-30(34,17-28)21-31(35,18-28)20-29/h1-8H,9-21H2,(H,36,40). The van der Waals surface area contributed by atoms with E-state index in [-0.39, 0.29) is 51.0 Å². The van der Waals surface area contributed by atoms with Crippen molar-refractivity contribution < 1.29 is 27.5 Å². The zero-order valence-corrected chi connectivity index (χ0v) is 24.5. The zero-order chi connectivity index (χ0) is 28.9. The fourth-order valence-electron chi connectivity index (χ4n) is 7.88. The predicted octanol–water partition coefficient (Wildman–Crippen LogP) is 5.28. The number of halogens is 4. The topological polar surface area (TPSA) is 61.9 Å². The number of hydrogen-bond acceptors (Lipinski definition) is 4. The number of piperazine rings is 1. The SMILES string of the molecule is O=C(CNC(=O)C12CC3(F)CC(F)(CC(F)(C3)C1)C2)N1CCN(Cc2ccccc2OCc2ccc(Br)cc2)CC1. The number of nitrogens with one attached hydrogen (secondary N) is 1. The molecule has 2 aromatic carbocycles. The van der Waals surface area contributed by atoms with Gasteiger partial charge in [-0.3, -0.25) is 14.5 Å². The number of nitrogens with zero attached hydrogens (tertiary/aromatic N) is 2. The molecule has 1 aliphatic heterocycles. The number of carbonyl (C=O) groups excluding carboxylic acids is 2. The Hall–Kier alpha value is -2.59. The number of ether oxygens (including phenoxy) is 1. The Morgan fingerprint density at radius 2 is 1.41 bits per heavy atom. The van der Waals surface area contributed by atoms with E-state index >= 15 is 13.2 Å². The van der Waals surface area contributed by atoms with Gasteiger partial charge in [0.2, 0.25) is 11.8 Å². The van der Waals surface area contributed by atoms with Gasteiger partial charge in [0, 0.05) is 62.0 Å². The van der Waals surface area contributed by atoms with E-state index in [1.807, 2.05) is 48.5 Å². The number of para-hydroxylation sites is 1. The number of benzene rings is 2. The van der Waals surface area contributed by atoms with E-state index in [1.165, 1.54) is 0 Å². The maximum Gasteiger partial charge on any atom is 0.242 e. The lowest BCUT2D eigenvalue weighted by atomic mass is 9.46. The third-order valence-corrected chi connectivity index (χ3v) is 9.68. The van der Waals surface area contributed by atoms with Gasteiger partial charge in [-0.15, -0.1) is 0 Å². The van der Waals surface area contributed by atoms with Crippen molar-refractivity contribution in [2.75, 3.05) is 32.7 Å². The minimum Gasteiger partial charge on any atom is -0.489 e. The van der Waals surface area contributed by atoms with Crippen LogP contribution in [-0.4, -0.2) is 71.3 Å². The first-order valence-corrected chi connectivity index (χ1v) is 15.1. The summed E-state index contributed by atoms with van der Waals surface area (Å²) in [4.78, 5) is 30.0. The molecule has 5 fully saturated rings. The van der Waals surface area contributed by atoms with Crippen molar-refractivity contribution in [1.82, 2.24) is 15.1 Å². The summed E-state index contributed by atoms with van der Waals surface area (Å²) in [7, 11) is 0. The molecule has 220 valence electrons. The summed E-state index contributed by atoms with van der Waals surface area (Å²) in [6.45, 7) is 3.19. The second-order valence-corrected chi connectivity index (χ2v) is 13.6. The molecule has 0 radical (unpaired) electrons. The normalized spacial score (nSPS) is 32.6. The van der Waals surface area contributed by atoms with Crippen LogP contribution in [0, 0.1) is 5.41 Å². The molecule has 0 spiro atoms. The molecular formula is C31H35BrF3N3O3. The predicted molar refractivity (Wildman–Crippen MR) is 151 cm³/mol. The Morgan fingerprint density at radius 1 is 0.829 bits per heavy atom.